The van der Waals surface area contributed by atoms with Gasteiger partial charge in [-0.1, -0.05) is 44.2 Å². The Kier molecular flexibility index (Phi) is 7.60. The first kappa shape index (κ1) is 25.7. The SMILES string of the molecule is Cc1ccc(C(C)C)c(OCCN2C(=O)S/C(=C\c3ccc(OCc4ccc5c(c4)OCO5)cc3)C2=O)c1. The zero-order valence-corrected chi connectivity index (χ0v) is 22.4. The first-order chi connectivity index (χ1) is 18.4. The summed E-state index contributed by atoms with van der Waals surface area (Å²) in [4.78, 5) is 27.1. The van der Waals surface area contributed by atoms with Gasteiger partial charge in [0, 0.05) is 0 Å². The molecule has 8 heteroatoms. The molecule has 0 spiro atoms. The van der Waals surface area contributed by atoms with Crippen molar-refractivity contribution in [2.75, 3.05) is 19.9 Å². The van der Waals surface area contributed by atoms with Crippen LogP contribution < -0.4 is 18.9 Å². The fraction of sp³-hybridized carbons (Fsp3) is 0.267. The summed E-state index contributed by atoms with van der Waals surface area (Å²) in [5, 5.41) is -0.290. The van der Waals surface area contributed by atoms with E-state index in [1.54, 1.807) is 6.08 Å². The summed E-state index contributed by atoms with van der Waals surface area (Å²) >= 11 is 0.944. The molecule has 0 aromatic heterocycles. The highest BCUT2D eigenvalue weighted by molar-refractivity contribution is 8.18. The number of ether oxygens (including phenoxy) is 4. The highest BCUT2D eigenvalue weighted by Crippen LogP contribution is 2.34. The van der Waals surface area contributed by atoms with Crippen LogP contribution >= 0.6 is 11.8 Å². The summed E-state index contributed by atoms with van der Waals surface area (Å²) in [5.41, 5.74) is 3.98. The molecule has 5 rings (SSSR count). The lowest BCUT2D eigenvalue weighted by Gasteiger charge is -2.17. The Bertz CT molecular complexity index is 1380. The predicted molar refractivity (Wildman–Crippen MR) is 147 cm³/mol. The molecule has 3 aromatic carbocycles. The molecule has 0 bridgehead atoms. The Morgan fingerprint density at radius 3 is 2.55 bits per heavy atom. The van der Waals surface area contributed by atoms with Gasteiger partial charge in [0.2, 0.25) is 6.79 Å². The van der Waals surface area contributed by atoms with E-state index in [1.165, 1.54) is 4.90 Å². The van der Waals surface area contributed by atoms with E-state index in [0.29, 0.717) is 23.2 Å². The standard InChI is InChI=1S/C30H29NO6S/c1-19(2)24-10-4-20(3)14-26(24)34-13-12-31-29(32)28(38-30(31)33)16-21-5-8-23(9-6-21)35-17-22-7-11-25-27(15-22)37-18-36-25/h4-11,14-16,19H,12-13,17-18H2,1-3H3/b28-16-. The van der Waals surface area contributed by atoms with E-state index in [0.717, 1.165) is 51.3 Å². The summed E-state index contributed by atoms with van der Waals surface area (Å²) in [6, 6.07) is 19.2. The van der Waals surface area contributed by atoms with Crippen LogP contribution in [0.25, 0.3) is 6.08 Å². The quantitative estimate of drug-likeness (QED) is 0.290. The number of hydrogen-bond acceptors (Lipinski definition) is 7. The molecular weight excluding hydrogens is 502 g/mol. The number of hydrogen-bond donors (Lipinski definition) is 0. The smallest absolute Gasteiger partial charge is 0.293 e. The number of thioether (sulfide) groups is 1. The largest absolute Gasteiger partial charge is 0.491 e. The third-order valence-electron chi connectivity index (χ3n) is 6.26. The van der Waals surface area contributed by atoms with Crippen molar-refractivity contribution in [2.24, 2.45) is 0 Å². The van der Waals surface area contributed by atoms with Crippen molar-refractivity contribution in [3.05, 3.63) is 87.8 Å². The second-order valence-corrected chi connectivity index (χ2v) is 10.4. The molecule has 3 aromatic rings. The van der Waals surface area contributed by atoms with E-state index >= 15 is 0 Å². The van der Waals surface area contributed by atoms with Crippen molar-refractivity contribution < 1.29 is 28.5 Å². The fourth-order valence-corrected chi connectivity index (χ4v) is 5.06. The molecule has 0 atom stereocenters. The van der Waals surface area contributed by atoms with Crippen LogP contribution in [0.15, 0.2) is 65.6 Å². The number of carbonyl (C=O) groups excluding carboxylic acids is 2. The van der Waals surface area contributed by atoms with Crippen LogP contribution in [0.5, 0.6) is 23.0 Å². The zero-order chi connectivity index (χ0) is 26.6. The molecule has 0 unspecified atom stereocenters. The normalized spacial score (nSPS) is 15.6. The molecule has 1 saturated heterocycles. The second kappa shape index (κ2) is 11.2. The maximum atomic E-state index is 12.9. The van der Waals surface area contributed by atoms with Gasteiger partial charge >= 0.3 is 0 Å². The number of fused-ring (bicyclic) bond motifs is 1. The molecule has 0 aliphatic carbocycles. The van der Waals surface area contributed by atoms with Crippen molar-refractivity contribution in [2.45, 2.75) is 33.3 Å². The van der Waals surface area contributed by atoms with Gasteiger partial charge in [-0.15, -0.1) is 0 Å². The predicted octanol–water partition coefficient (Wildman–Crippen LogP) is 6.54. The van der Waals surface area contributed by atoms with Crippen LogP contribution in [0.4, 0.5) is 4.79 Å². The number of benzene rings is 3. The van der Waals surface area contributed by atoms with Gasteiger partial charge in [-0.3, -0.25) is 14.5 Å². The molecule has 7 nitrogen and oxygen atoms in total. The van der Waals surface area contributed by atoms with E-state index in [4.69, 9.17) is 18.9 Å². The van der Waals surface area contributed by atoms with Crippen molar-refractivity contribution >= 4 is 29.0 Å². The molecule has 38 heavy (non-hydrogen) atoms. The number of rotatable bonds is 9. The Morgan fingerprint density at radius 2 is 1.76 bits per heavy atom. The molecule has 196 valence electrons. The van der Waals surface area contributed by atoms with Crippen LogP contribution in [0, 0.1) is 6.92 Å². The molecule has 0 N–H and O–H groups in total. The van der Waals surface area contributed by atoms with Gasteiger partial charge in [-0.25, -0.2) is 0 Å². The Balaban J connectivity index is 1.16. The minimum atomic E-state index is -0.306. The molecule has 2 aliphatic rings. The van der Waals surface area contributed by atoms with Crippen molar-refractivity contribution in [3.63, 3.8) is 0 Å². The molecular formula is C30H29NO6S. The van der Waals surface area contributed by atoms with E-state index in [2.05, 4.69) is 26.0 Å². The summed E-state index contributed by atoms with van der Waals surface area (Å²) in [6.45, 7) is 7.28. The molecule has 2 aliphatic heterocycles. The Hall–Kier alpha value is -3.91. The van der Waals surface area contributed by atoms with Crippen molar-refractivity contribution in [3.8, 4) is 23.0 Å². The van der Waals surface area contributed by atoms with E-state index in [9.17, 15) is 9.59 Å². The van der Waals surface area contributed by atoms with Gasteiger partial charge < -0.3 is 18.9 Å². The van der Waals surface area contributed by atoms with Crippen LogP contribution in [0.1, 0.15) is 42.0 Å². The lowest BCUT2D eigenvalue weighted by molar-refractivity contribution is -0.123. The summed E-state index contributed by atoms with van der Waals surface area (Å²) in [6.07, 6.45) is 1.73. The third-order valence-corrected chi connectivity index (χ3v) is 7.16. The van der Waals surface area contributed by atoms with Crippen molar-refractivity contribution in [1.29, 1.82) is 0 Å². The minimum Gasteiger partial charge on any atom is -0.491 e. The topological polar surface area (TPSA) is 74.3 Å². The first-order valence-electron chi connectivity index (χ1n) is 12.5. The molecule has 0 radical (unpaired) electrons. The summed E-state index contributed by atoms with van der Waals surface area (Å²) in [5.74, 6) is 2.95. The lowest BCUT2D eigenvalue weighted by atomic mass is 10.0. The van der Waals surface area contributed by atoms with Crippen molar-refractivity contribution in [1.82, 2.24) is 4.90 Å². The van der Waals surface area contributed by atoms with Gasteiger partial charge in [0.15, 0.2) is 11.5 Å². The van der Waals surface area contributed by atoms with E-state index < -0.39 is 0 Å². The van der Waals surface area contributed by atoms with Gasteiger partial charge in [-0.2, -0.15) is 0 Å². The summed E-state index contributed by atoms with van der Waals surface area (Å²) < 4.78 is 22.6. The zero-order valence-electron chi connectivity index (χ0n) is 21.6. The van der Waals surface area contributed by atoms with Crippen LogP contribution in [0.3, 0.4) is 0 Å². The van der Waals surface area contributed by atoms with Crippen LogP contribution in [-0.2, 0) is 11.4 Å². The number of carbonyl (C=O) groups is 2. The second-order valence-electron chi connectivity index (χ2n) is 9.42. The molecule has 2 amide bonds. The van der Waals surface area contributed by atoms with Crippen LogP contribution in [0.2, 0.25) is 0 Å². The van der Waals surface area contributed by atoms with Gasteiger partial charge in [0.25, 0.3) is 11.1 Å². The molecule has 0 saturated carbocycles. The maximum Gasteiger partial charge on any atom is 0.293 e. The molecule has 2 heterocycles. The highest BCUT2D eigenvalue weighted by Gasteiger charge is 2.34. The van der Waals surface area contributed by atoms with E-state index in [1.807, 2.05) is 55.5 Å². The van der Waals surface area contributed by atoms with Gasteiger partial charge in [0.05, 0.1) is 11.4 Å². The number of nitrogens with zero attached hydrogens (tertiary/aromatic N) is 1. The van der Waals surface area contributed by atoms with Gasteiger partial charge in [-0.05, 0) is 83.3 Å². The fourth-order valence-electron chi connectivity index (χ4n) is 4.19. The Labute approximate surface area is 226 Å². The first-order valence-corrected chi connectivity index (χ1v) is 13.3. The monoisotopic (exact) mass is 531 g/mol. The lowest BCUT2D eigenvalue weighted by Crippen LogP contribution is -2.32. The number of amides is 2. The van der Waals surface area contributed by atoms with Crippen LogP contribution in [-0.4, -0.2) is 36.0 Å². The van der Waals surface area contributed by atoms with E-state index in [-0.39, 0.29) is 31.1 Å². The number of aryl methyl sites for hydroxylation is 1. The number of imide groups is 1. The van der Waals surface area contributed by atoms with Gasteiger partial charge in [0.1, 0.15) is 24.7 Å². The minimum absolute atomic E-state index is 0.195. The average molecular weight is 532 g/mol. The average Bonchev–Trinajstić information content (AvgIpc) is 3.47. The third kappa shape index (κ3) is 5.81. The highest BCUT2D eigenvalue weighted by atomic mass is 32.2. The Morgan fingerprint density at radius 1 is 0.974 bits per heavy atom. The maximum absolute atomic E-state index is 12.9. The molecule has 1 fully saturated rings. The summed E-state index contributed by atoms with van der Waals surface area (Å²) in [7, 11) is 0.